The Labute approximate surface area is 103 Å². The maximum Gasteiger partial charge on any atom is 0.0406 e. The molecule has 0 aromatic heterocycles. The predicted molar refractivity (Wildman–Crippen MR) is 69.2 cm³/mol. The SMILES string of the molecule is CC(CN(C)C1CNC1)c1ccc(Cl)cc1. The van der Waals surface area contributed by atoms with Crippen molar-refractivity contribution in [3.63, 3.8) is 0 Å². The third-order valence-corrected chi connectivity index (χ3v) is 3.64. The van der Waals surface area contributed by atoms with Crippen molar-refractivity contribution in [3.8, 4) is 0 Å². The minimum Gasteiger partial charge on any atom is -0.314 e. The monoisotopic (exact) mass is 238 g/mol. The molecule has 1 aliphatic heterocycles. The van der Waals surface area contributed by atoms with Crippen LogP contribution in [0, 0.1) is 0 Å². The average Bonchev–Trinajstić information content (AvgIpc) is 2.15. The average molecular weight is 239 g/mol. The van der Waals surface area contributed by atoms with Crippen LogP contribution >= 0.6 is 11.6 Å². The van der Waals surface area contributed by atoms with Gasteiger partial charge in [0, 0.05) is 30.7 Å². The topological polar surface area (TPSA) is 15.3 Å². The van der Waals surface area contributed by atoms with Crippen LogP contribution in [0.5, 0.6) is 0 Å². The van der Waals surface area contributed by atoms with Crippen LogP contribution in [0.4, 0.5) is 0 Å². The van der Waals surface area contributed by atoms with E-state index in [1.807, 2.05) is 12.1 Å². The van der Waals surface area contributed by atoms with Crippen LogP contribution in [0.3, 0.4) is 0 Å². The number of nitrogens with zero attached hydrogens (tertiary/aromatic N) is 1. The summed E-state index contributed by atoms with van der Waals surface area (Å²) in [5.41, 5.74) is 1.36. The minimum atomic E-state index is 0.558. The highest BCUT2D eigenvalue weighted by molar-refractivity contribution is 6.30. The molecule has 0 bridgehead atoms. The number of hydrogen-bond acceptors (Lipinski definition) is 2. The van der Waals surface area contributed by atoms with E-state index in [2.05, 4.69) is 36.3 Å². The molecule has 1 atom stereocenters. The molecule has 1 heterocycles. The standard InChI is InChI=1S/C13H19ClN2/c1-10(9-16(2)13-7-15-8-13)11-3-5-12(14)6-4-11/h3-6,10,13,15H,7-9H2,1-2H3. The summed E-state index contributed by atoms with van der Waals surface area (Å²) in [5.74, 6) is 0.558. The summed E-state index contributed by atoms with van der Waals surface area (Å²) in [4.78, 5) is 2.44. The van der Waals surface area contributed by atoms with Crippen LogP contribution < -0.4 is 5.32 Å². The first kappa shape index (κ1) is 11.9. The highest BCUT2D eigenvalue weighted by Crippen LogP contribution is 2.19. The lowest BCUT2D eigenvalue weighted by atomic mass is 9.99. The Morgan fingerprint density at radius 3 is 2.50 bits per heavy atom. The predicted octanol–water partition coefficient (Wildman–Crippen LogP) is 2.35. The van der Waals surface area contributed by atoms with Crippen LogP contribution in [-0.2, 0) is 0 Å². The van der Waals surface area contributed by atoms with Gasteiger partial charge in [0.05, 0.1) is 0 Å². The molecule has 2 rings (SSSR count). The van der Waals surface area contributed by atoms with Gasteiger partial charge in [-0.2, -0.15) is 0 Å². The van der Waals surface area contributed by atoms with Crippen molar-refractivity contribution in [2.24, 2.45) is 0 Å². The fourth-order valence-electron chi connectivity index (χ4n) is 2.06. The summed E-state index contributed by atoms with van der Waals surface area (Å²) < 4.78 is 0. The number of nitrogens with one attached hydrogen (secondary N) is 1. The number of rotatable bonds is 4. The van der Waals surface area contributed by atoms with Crippen molar-refractivity contribution in [3.05, 3.63) is 34.9 Å². The van der Waals surface area contributed by atoms with Gasteiger partial charge in [-0.3, -0.25) is 0 Å². The Morgan fingerprint density at radius 2 is 2.00 bits per heavy atom. The Balaban J connectivity index is 1.91. The van der Waals surface area contributed by atoms with E-state index in [0.717, 1.165) is 30.7 Å². The van der Waals surface area contributed by atoms with Crippen molar-refractivity contribution in [1.82, 2.24) is 10.2 Å². The van der Waals surface area contributed by atoms with Gasteiger partial charge < -0.3 is 10.2 Å². The van der Waals surface area contributed by atoms with Crippen LogP contribution in [0.25, 0.3) is 0 Å². The van der Waals surface area contributed by atoms with Crippen molar-refractivity contribution in [1.29, 1.82) is 0 Å². The second kappa shape index (κ2) is 5.17. The molecule has 1 aromatic carbocycles. The molecule has 0 spiro atoms. The van der Waals surface area contributed by atoms with Gasteiger partial charge >= 0.3 is 0 Å². The smallest absolute Gasteiger partial charge is 0.0406 e. The van der Waals surface area contributed by atoms with Gasteiger partial charge in [-0.25, -0.2) is 0 Å². The van der Waals surface area contributed by atoms with Crippen molar-refractivity contribution in [2.75, 3.05) is 26.7 Å². The fraction of sp³-hybridized carbons (Fsp3) is 0.538. The Morgan fingerprint density at radius 1 is 1.38 bits per heavy atom. The number of halogens is 1. The van der Waals surface area contributed by atoms with Crippen molar-refractivity contribution < 1.29 is 0 Å². The molecule has 3 heteroatoms. The van der Waals surface area contributed by atoms with Crippen molar-refractivity contribution >= 4 is 11.6 Å². The summed E-state index contributed by atoms with van der Waals surface area (Å²) in [6.07, 6.45) is 0. The molecule has 0 aliphatic carbocycles. The van der Waals surface area contributed by atoms with Crippen LogP contribution in [-0.4, -0.2) is 37.6 Å². The zero-order valence-corrected chi connectivity index (χ0v) is 10.7. The van der Waals surface area contributed by atoms with Crippen LogP contribution in [0.15, 0.2) is 24.3 Å². The molecular weight excluding hydrogens is 220 g/mol. The summed E-state index contributed by atoms with van der Waals surface area (Å²) in [6.45, 7) is 5.63. The maximum atomic E-state index is 5.89. The van der Waals surface area contributed by atoms with Gasteiger partial charge in [0.1, 0.15) is 0 Å². The maximum absolute atomic E-state index is 5.89. The van der Waals surface area contributed by atoms with Crippen LogP contribution in [0.1, 0.15) is 18.4 Å². The summed E-state index contributed by atoms with van der Waals surface area (Å²) in [5, 5.41) is 4.12. The molecule has 1 saturated heterocycles. The molecule has 0 amide bonds. The van der Waals surface area contributed by atoms with E-state index in [1.165, 1.54) is 5.56 Å². The molecular formula is C13H19ClN2. The van der Waals surface area contributed by atoms with Gasteiger partial charge in [-0.15, -0.1) is 0 Å². The normalized spacial score (nSPS) is 18.5. The molecule has 0 saturated carbocycles. The van der Waals surface area contributed by atoms with Gasteiger partial charge in [-0.05, 0) is 30.7 Å². The van der Waals surface area contributed by atoms with E-state index in [4.69, 9.17) is 11.6 Å². The van der Waals surface area contributed by atoms with E-state index >= 15 is 0 Å². The molecule has 2 nitrogen and oxygen atoms in total. The number of benzene rings is 1. The third-order valence-electron chi connectivity index (χ3n) is 3.38. The second-order valence-corrected chi connectivity index (χ2v) is 5.14. The van der Waals surface area contributed by atoms with Gasteiger partial charge in [0.25, 0.3) is 0 Å². The molecule has 1 fully saturated rings. The highest BCUT2D eigenvalue weighted by atomic mass is 35.5. The first-order valence-corrected chi connectivity index (χ1v) is 6.21. The Hall–Kier alpha value is -0.570. The van der Waals surface area contributed by atoms with E-state index in [1.54, 1.807) is 0 Å². The molecule has 1 aliphatic rings. The lowest BCUT2D eigenvalue weighted by Gasteiger charge is -2.37. The largest absolute Gasteiger partial charge is 0.314 e. The third kappa shape index (κ3) is 2.76. The van der Waals surface area contributed by atoms with E-state index in [0.29, 0.717) is 5.92 Å². The minimum absolute atomic E-state index is 0.558. The molecule has 1 unspecified atom stereocenters. The molecule has 88 valence electrons. The lowest BCUT2D eigenvalue weighted by Crippen LogP contribution is -2.56. The van der Waals surface area contributed by atoms with E-state index in [-0.39, 0.29) is 0 Å². The Bertz CT molecular complexity index is 332. The lowest BCUT2D eigenvalue weighted by molar-refractivity contribution is 0.173. The van der Waals surface area contributed by atoms with Crippen LogP contribution in [0.2, 0.25) is 5.02 Å². The number of hydrogen-bond donors (Lipinski definition) is 1. The number of likely N-dealkylation sites (N-methyl/N-ethyl adjacent to an activating group) is 1. The first-order chi connectivity index (χ1) is 7.66. The zero-order chi connectivity index (χ0) is 11.5. The summed E-state index contributed by atoms with van der Waals surface area (Å²) in [7, 11) is 2.21. The molecule has 1 N–H and O–H groups in total. The first-order valence-electron chi connectivity index (χ1n) is 5.83. The van der Waals surface area contributed by atoms with E-state index < -0.39 is 0 Å². The highest BCUT2D eigenvalue weighted by Gasteiger charge is 2.22. The Kier molecular flexibility index (Phi) is 3.85. The fourth-order valence-corrected chi connectivity index (χ4v) is 2.19. The molecule has 1 aromatic rings. The summed E-state index contributed by atoms with van der Waals surface area (Å²) >= 11 is 5.89. The van der Waals surface area contributed by atoms with Crippen molar-refractivity contribution in [2.45, 2.75) is 18.9 Å². The van der Waals surface area contributed by atoms with E-state index in [9.17, 15) is 0 Å². The summed E-state index contributed by atoms with van der Waals surface area (Å²) in [6, 6.07) is 8.91. The quantitative estimate of drug-likeness (QED) is 0.867. The molecule has 16 heavy (non-hydrogen) atoms. The van der Waals surface area contributed by atoms with Gasteiger partial charge in [0.15, 0.2) is 0 Å². The van der Waals surface area contributed by atoms with Gasteiger partial charge in [0.2, 0.25) is 0 Å². The zero-order valence-electron chi connectivity index (χ0n) is 9.91. The second-order valence-electron chi connectivity index (χ2n) is 4.70. The van der Waals surface area contributed by atoms with Gasteiger partial charge in [-0.1, -0.05) is 30.7 Å². The molecule has 0 radical (unpaired) electrons.